The molecule has 23 heavy (non-hydrogen) atoms. The number of aliphatic imine (C=N–C) groups is 1. The van der Waals surface area contributed by atoms with Crippen molar-refractivity contribution in [2.24, 2.45) is 12.0 Å². The number of alkyl halides is 3. The summed E-state index contributed by atoms with van der Waals surface area (Å²) in [5, 5.41) is 7.43. The summed E-state index contributed by atoms with van der Waals surface area (Å²) < 4.78 is 39.5. The highest BCUT2D eigenvalue weighted by atomic mass is 32.1. The molecule has 0 aliphatic carbocycles. The standard InChI is InChI=1S/C14H18F3N5S/c1-3-18-13(19-6-10-4-5-22(2)8-10)20-7-12-21-11(9-23-12)14(15,16)17/h4-5,8-9H,3,6-7H2,1-2H3,(H2,18,19,20). The lowest BCUT2D eigenvalue weighted by atomic mass is 10.3. The van der Waals surface area contributed by atoms with Gasteiger partial charge in [-0.3, -0.25) is 0 Å². The molecule has 0 saturated carbocycles. The second kappa shape index (κ2) is 7.49. The van der Waals surface area contributed by atoms with Crippen LogP contribution < -0.4 is 10.6 Å². The third-order valence-corrected chi connectivity index (χ3v) is 3.76. The molecular weight excluding hydrogens is 327 g/mol. The van der Waals surface area contributed by atoms with Gasteiger partial charge in [-0.05, 0) is 18.6 Å². The summed E-state index contributed by atoms with van der Waals surface area (Å²) in [6, 6.07) is 1.96. The number of hydrogen-bond donors (Lipinski definition) is 2. The van der Waals surface area contributed by atoms with Gasteiger partial charge in [0.2, 0.25) is 0 Å². The Hall–Kier alpha value is -2.03. The molecule has 2 aromatic heterocycles. The molecule has 5 nitrogen and oxygen atoms in total. The van der Waals surface area contributed by atoms with E-state index in [1.54, 1.807) is 0 Å². The van der Waals surface area contributed by atoms with Crippen LogP contribution >= 0.6 is 11.3 Å². The summed E-state index contributed by atoms with van der Waals surface area (Å²) in [6.07, 6.45) is -0.510. The van der Waals surface area contributed by atoms with E-state index in [9.17, 15) is 13.2 Å². The van der Waals surface area contributed by atoms with Gasteiger partial charge in [0.15, 0.2) is 11.7 Å². The Balaban J connectivity index is 1.95. The molecule has 0 aliphatic heterocycles. The fraction of sp³-hybridized carbons (Fsp3) is 0.429. The van der Waals surface area contributed by atoms with E-state index in [1.165, 1.54) is 0 Å². The molecule has 0 saturated heterocycles. The first kappa shape index (κ1) is 17.3. The molecule has 2 N–H and O–H groups in total. The maximum absolute atomic E-state index is 12.5. The van der Waals surface area contributed by atoms with Crippen molar-refractivity contribution < 1.29 is 13.2 Å². The smallest absolute Gasteiger partial charge is 0.357 e. The molecule has 0 amide bonds. The monoisotopic (exact) mass is 345 g/mol. The van der Waals surface area contributed by atoms with Gasteiger partial charge in [0.05, 0.1) is 13.1 Å². The van der Waals surface area contributed by atoms with Gasteiger partial charge in [-0.25, -0.2) is 9.98 Å². The van der Waals surface area contributed by atoms with Gasteiger partial charge in [0, 0.05) is 31.4 Å². The maximum Gasteiger partial charge on any atom is 0.434 e. The Bertz CT molecular complexity index is 659. The van der Waals surface area contributed by atoms with Crippen LogP contribution in [0.15, 0.2) is 28.8 Å². The van der Waals surface area contributed by atoms with Crippen molar-refractivity contribution >= 4 is 17.3 Å². The average molecular weight is 345 g/mol. The minimum absolute atomic E-state index is 0.196. The van der Waals surface area contributed by atoms with E-state index in [-0.39, 0.29) is 6.54 Å². The fourth-order valence-corrected chi connectivity index (χ4v) is 2.59. The molecule has 0 atom stereocenters. The molecule has 2 aromatic rings. The van der Waals surface area contributed by atoms with Crippen LogP contribution in [0, 0.1) is 0 Å². The average Bonchev–Trinajstić information content (AvgIpc) is 3.10. The van der Waals surface area contributed by atoms with Gasteiger partial charge in [-0.1, -0.05) is 0 Å². The highest BCUT2D eigenvalue weighted by Crippen LogP contribution is 2.29. The van der Waals surface area contributed by atoms with Crippen LogP contribution in [-0.2, 0) is 26.3 Å². The lowest BCUT2D eigenvalue weighted by Crippen LogP contribution is -2.36. The molecule has 0 spiro atoms. The molecule has 9 heteroatoms. The van der Waals surface area contributed by atoms with E-state index in [1.807, 2.05) is 37.0 Å². The highest BCUT2D eigenvalue weighted by Gasteiger charge is 2.33. The molecule has 0 aliphatic rings. The topological polar surface area (TPSA) is 54.2 Å². The van der Waals surface area contributed by atoms with Gasteiger partial charge in [-0.2, -0.15) is 13.2 Å². The molecule has 2 rings (SSSR count). The Labute approximate surface area is 136 Å². The summed E-state index contributed by atoms with van der Waals surface area (Å²) >= 11 is 0.975. The summed E-state index contributed by atoms with van der Waals surface area (Å²) in [4.78, 5) is 7.98. The van der Waals surface area contributed by atoms with Crippen LogP contribution in [-0.4, -0.2) is 22.1 Å². The minimum atomic E-state index is -4.40. The maximum atomic E-state index is 12.5. The molecule has 126 valence electrons. The zero-order valence-corrected chi connectivity index (χ0v) is 13.6. The van der Waals surface area contributed by atoms with Gasteiger partial charge < -0.3 is 15.2 Å². The summed E-state index contributed by atoms with van der Waals surface area (Å²) in [6.45, 7) is 3.26. The SMILES string of the molecule is CCNC(=NCc1ccn(C)c1)NCc1nc(C(F)(F)F)cs1. The van der Waals surface area contributed by atoms with E-state index in [0.29, 0.717) is 24.1 Å². The minimum Gasteiger partial charge on any atom is -0.357 e. The van der Waals surface area contributed by atoms with Crippen LogP contribution in [0.1, 0.15) is 23.2 Å². The largest absolute Gasteiger partial charge is 0.434 e. The first-order chi connectivity index (χ1) is 10.9. The number of nitrogens with zero attached hydrogens (tertiary/aromatic N) is 3. The second-order valence-corrected chi connectivity index (χ2v) is 5.80. The van der Waals surface area contributed by atoms with Crippen molar-refractivity contribution in [1.29, 1.82) is 0 Å². The van der Waals surface area contributed by atoms with E-state index >= 15 is 0 Å². The van der Waals surface area contributed by atoms with Crippen molar-refractivity contribution in [3.8, 4) is 0 Å². The summed E-state index contributed by atoms with van der Waals surface area (Å²) in [5.74, 6) is 0.542. The Morgan fingerprint density at radius 2 is 2.17 bits per heavy atom. The van der Waals surface area contributed by atoms with Crippen molar-refractivity contribution in [3.05, 3.63) is 40.1 Å². The molecule has 0 unspecified atom stereocenters. The Morgan fingerprint density at radius 1 is 1.39 bits per heavy atom. The van der Waals surface area contributed by atoms with E-state index in [2.05, 4.69) is 20.6 Å². The zero-order chi connectivity index (χ0) is 16.9. The van der Waals surface area contributed by atoms with Crippen LogP contribution in [0.4, 0.5) is 13.2 Å². The van der Waals surface area contributed by atoms with E-state index in [0.717, 1.165) is 22.3 Å². The molecule has 0 radical (unpaired) electrons. The number of thiazole rings is 1. The van der Waals surface area contributed by atoms with Crippen LogP contribution in [0.2, 0.25) is 0 Å². The van der Waals surface area contributed by atoms with E-state index in [4.69, 9.17) is 0 Å². The number of hydrogen-bond acceptors (Lipinski definition) is 3. The normalized spacial score (nSPS) is 12.5. The summed E-state index contributed by atoms with van der Waals surface area (Å²) in [7, 11) is 1.93. The number of rotatable bonds is 5. The number of guanidine groups is 1. The Morgan fingerprint density at radius 3 is 2.74 bits per heavy atom. The molecular formula is C14H18F3N5S. The number of aromatic nitrogens is 2. The van der Waals surface area contributed by atoms with Crippen LogP contribution in [0.25, 0.3) is 0 Å². The molecule has 0 bridgehead atoms. The van der Waals surface area contributed by atoms with Crippen molar-refractivity contribution in [1.82, 2.24) is 20.2 Å². The molecule has 0 aromatic carbocycles. The van der Waals surface area contributed by atoms with Crippen molar-refractivity contribution in [2.75, 3.05) is 6.54 Å². The van der Waals surface area contributed by atoms with E-state index < -0.39 is 11.9 Å². The lowest BCUT2D eigenvalue weighted by Gasteiger charge is -2.09. The quantitative estimate of drug-likeness (QED) is 0.647. The van der Waals surface area contributed by atoms with Gasteiger partial charge in [0.1, 0.15) is 5.01 Å². The van der Waals surface area contributed by atoms with Gasteiger partial charge in [0.25, 0.3) is 0 Å². The third kappa shape index (κ3) is 5.27. The second-order valence-electron chi connectivity index (χ2n) is 4.86. The van der Waals surface area contributed by atoms with Crippen LogP contribution in [0.5, 0.6) is 0 Å². The van der Waals surface area contributed by atoms with Gasteiger partial charge in [-0.15, -0.1) is 11.3 Å². The highest BCUT2D eigenvalue weighted by molar-refractivity contribution is 7.09. The van der Waals surface area contributed by atoms with Crippen molar-refractivity contribution in [3.63, 3.8) is 0 Å². The number of aryl methyl sites for hydroxylation is 1. The van der Waals surface area contributed by atoms with Crippen molar-refractivity contribution in [2.45, 2.75) is 26.2 Å². The zero-order valence-electron chi connectivity index (χ0n) is 12.8. The first-order valence-electron chi connectivity index (χ1n) is 7.03. The number of halogens is 3. The Kier molecular flexibility index (Phi) is 5.64. The number of nitrogens with one attached hydrogen (secondary N) is 2. The predicted molar refractivity (Wildman–Crippen MR) is 84.2 cm³/mol. The molecule has 0 fully saturated rings. The fourth-order valence-electron chi connectivity index (χ4n) is 1.85. The molecule has 2 heterocycles. The van der Waals surface area contributed by atoms with Crippen LogP contribution in [0.3, 0.4) is 0 Å². The predicted octanol–water partition coefficient (Wildman–Crippen LogP) is 2.76. The third-order valence-electron chi connectivity index (χ3n) is 2.91. The summed E-state index contributed by atoms with van der Waals surface area (Å²) in [5.41, 5.74) is 0.198. The lowest BCUT2D eigenvalue weighted by molar-refractivity contribution is -0.140. The van der Waals surface area contributed by atoms with Gasteiger partial charge >= 0.3 is 6.18 Å². The first-order valence-corrected chi connectivity index (χ1v) is 7.91.